The van der Waals surface area contributed by atoms with E-state index in [0.29, 0.717) is 16.5 Å². The van der Waals surface area contributed by atoms with Crippen molar-refractivity contribution in [2.75, 3.05) is 10.2 Å². The Bertz CT molecular complexity index is 853. The van der Waals surface area contributed by atoms with Crippen molar-refractivity contribution in [3.8, 4) is 0 Å². The summed E-state index contributed by atoms with van der Waals surface area (Å²) in [7, 11) is 0. The van der Waals surface area contributed by atoms with E-state index in [-0.39, 0.29) is 17.1 Å². The summed E-state index contributed by atoms with van der Waals surface area (Å²) in [5, 5.41) is 3.27. The molecule has 4 nitrogen and oxygen atoms in total. The Balaban J connectivity index is 1.82. The molecule has 26 heavy (non-hydrogen) atoms. The number of thioether (sulfide) groups is 1. The van der Waals surface area contributed by atoms with Gasteiger partial charge in [-0.15, -0.1) is 11.8 Å². The maximum Gasteiger partial charge on any atom is 0.250 e. The van der Waals surface area contributed by atoms with Crippen molar-refractivity contribution in [3.05, 3.63) is 59.1 Å². The Hall–Kier alpha value is -1.98. The number of nitrogens with one attached hydrogen (secondary N) is 1. The largest absolute Gasteiger partial charge is 0.322 e. The molecule has 0 saturated heterocycles. The summed E-state index contributed by atoms with van der Waals surface area (Å²) in [4.78, 5) is 27.3. The number of halogens is 1. The Morgan fingerprint density at radius 1 is 1.23 bits per heavy atom. The number of hydrogen-bond donors (Lipinski definition) is 1. The van der Waals surface area contributed by atoms with Crippen LogP contribution in [0.25, 0.3) is 0 Å². The van der Waals surface area contributed by atoms with E-state index in [9.17, 15) is 9.59 Å². The summed E-state index contributed by atoms with van der Waals surface area (Å²) in [5.74, 6) is 0.413. The van der Waals surface area contributed by atoms with Crippen LogP contribution >= 0.6 is 23.4 Å². The first-order chi connectivity index (χ1) is 12.3. The second kappa shape index (κ2) is 7.33. The molecule has 0 radical (unpaired) electrons. The molecule has 2 amide bonds. The number of fused-ring (bicyclic) bond motifs is 1. The van der Waals surface area contributed by atoms with Crippen molar-refractivity contribution in [2.24, 2.45) is 0 Å². The second-order valence-corrected chi connectivity index (χ2v) is 8.55. The van der Waals surface area contributed by atoms with Gasteiger partial charge in [0.2, 0.25) is 11.8 Å². The standard InChI is InChI=1S/C20H21ClN2O2S/c1-13(26-12-14-7-6-8-15(21)11-14)18(24)23-17-10-5-4-9-16(17)22-19(25)20(23,2)3/h4-11,13H,12H2,1-3H3,(H,22,25)/t13-/m0/s1. The van der Waals surface area contributed by atoms with Crippen LogP contribution in [0.5, 0.6) is 0 Å². The second-order valence-electron chi connectivity index (χ2n) is 6.79. The van der Waals surface area contributed by atoms with E-state index in [0.717, 1.165) is 11.3 Å². The topological polar surface area (TPSA) is 49.4 Å². The zero-order valence-corrected chi connectivity index (χ0v) is 16.5. The minimum atomic E-state index is -0.948. The van der Waals surface area contributed by atoms with E-state index in [4.69, 9.17) is 11.6 Å². The Labute approximate surface area is 162 Å². The third-order valence-corrected chi connectivity index (χ3v) is 5.90. The van der Waals surface area contributed by atoms with Gasteiger partial charge in [0, 0.05) is 10.8 Å². The number of anilines is 2. The fourth-order valence-electron chi connectivity index (χ4n) is 2.95. The predicted molar refractivity (Wildman–Crippen MR) is 109 cm³/mol. The highest BCUT2D eigenvalue weighted by molar-refractivity contribution is 7.99. The number of para-hydroxylation sites is 2. The van der Waals surface area contributed by atoms with E-state index in [1.807, 2.05) is 55.5 Å². The summed E-state index contributed by atoms with van der Waals surface area (Å²) in [6, 6.07) is 15.0. The molecular formula is C20H21ClN2O2S. The van der Waals surface area contributed by atoms with Gasteiger partial charge in [-0.3, -0.25) is 14.5 Å². The smallest absolute Gasteiger partial charge is 0.250 e. The van der Waals surface area contributed by atoms with Crippen molar-refractivity contribution in [1.29, 1.82) is 0 Å². The Morgan fingerprint density at radius 2 is 1.96 bits per heavy atom. The first-order valence-corrected chi connectivity index (χ1v) is 9.84. The molecule has 2 aromatic rings. The van der Waals surface area contributed by atoms with Gasteiger partial charge in [0.15, 0.2) is 0 Å². The van der Waals surface area contributed by atoms with Gasteiger partial charge in [-0.05, 0) is 50.6 Å². The lowest BCUT2D eigenvalue weighted by Crippen LogP contribution is -2.60. The molecule has 0 spiro atoms. The highest BCUT2D eigenvalue weighted by Crippen LogP contribution is 2.38. The molecule has 0 aromatic heterocycles. The van der Waals surface area contributed by atoms with Crippen LogP contribution in [-0.4, -0.2) is 22.6 Å². The summed E-state index contributed by atoms with van der Waals surface area (Å²) in [5.41, 5.74) is 1.52. The van der Waals surface area contributed by atoms with E-state index in [2.05, 4.69) is 5.32 Å². The van der Waals surface area contributed by atoms with Crippen LogP contribution in [0.4, 0.5) is 11.4 Å². The molecule has 136 valence electrons. The van der Waals surface area contributed by atoms with Gasteiger partial charge in [0.05, 0.1) is 16.6 Å². The molecule has 3 rings (SSSR count). The first-order valence-electron chi connectivity index (χ1n) is 8.41. The van der Waals surface area contributed by atoms with Crippen molar-refractivity contribution in [2.45, 2.75) is 37.3 Å². The minimum absolute atomic E-state index is 0.0793. The number of nitrogens with zero attached hydrogens (tertiary/aromatic N) is 1. The average Bonchev–Trinajstić information content (AvgIpc) is 2.60. The van der Waals surface area contributed by atoms with Gasteiger partial charge in [-0.2, -0.15) is 0 Å². The lowest BCUT2D eigenvalue weighted by atomic mass is 9.96. The third-order valence-electron chi connectivity index (χ3n) is 4.47. The van der Waals surface area contributed by atoms with Crippen molar-refractivity contribution < 1.29 is 9.59 Å². The number of carbonyl (C=O) groups is 2. The van der Waals surface area contributed by atoms with Crippen LogP contribution in [0, 0.1) is 0 Å². The number of rotatable bonds is 4. The van der Waals surface area contributed by atoms with E-state index in [1.54, 1.807) is 18.7 Å². The van der Waals surface area contributed by atoms with Crippen LogP contribution in [0.3, 0.4) is 0 Å². The van der Waals surface area contributed by atoms with E-state index >= 15 is 0 Å². The average molecular weight is 389 g/mol. The number of carbonyl (C=O) groups excluding carboxylic acids is 2. The van der Waals surface area contributed by atoms with Gasteiger partial charge in [0.1, 0.15) is 5.54 Å². The fraction of sp³-hybridized carbons (Fsp3) is 0.300. The molecule has 0 unspecified atom stereocenters. The number of amides is 2. The molecule has 0 aliphatic carbocycles. The van der Waals surface area contributed by atoms with Crippen LogP contribution < -0.4 is 10.2 Å². The molecule has 1 aliphatic heterocycles. The molecule has 0 bridgehead atoms. The maximum atomic E-state index is 13.2. The quantitative estimate of drug-likeness (QED) is 0.823. The predicted octanol–water partition coefficient (Wildman–Crippen LogP) is 4.73. The molecular weight excluding hydrogens is 368 g/mol. The Kier molecular flexibility index (Phi) is 5.30. The summed E-state index contributed by atoms with van der Waals surface area (Å²) < 4.78 is 0. The van der Waals surface area contributed by atoms with Gasteiger partial charge >= 0.3 is 0 Å². The van der Waals surface area contributed by atoms with Crippen LogP contribution in [0.15, 0.2) is 48.5 Å². The van der Waals surface area contributed by atoms with Crippen LogP contribution in [-0.2, 0) is 15.3 Å². The molecule has 1 aliphatic rings. The lowest BCUT2D eigenvalue weighted by Gasteiger charge is -2.43. The lowest BCUT2D eigenvalue weighted by molar-refractivity contribution is -0.126. The van der Waals surface area contributed by atoms with E-state index in [1.165, 1.54) is 11.8 Å². The Morgan fingerprint density at radius 3 is 2.69 bits per heavy atom. The van der Waals surface area contributed by atoms with Crippen LogP contribution in [0.1, 0.15) is 26.3 Å². The number of hydrogen-bond acceptors (Lipinski definition) is 3. The van der Waals surface area contributed by atoms with Gasteiger partial charge < -0.3 is 5.32 Å². The molecule has 1 N–H and O–H groups in total. The highest BCUT2D eigenvalue weighted by Gasteiger charge is 2.44. The van der Waals surface area contributed by atoms with E-state index < -0.39 is 5.54 Å². The molecule has 0 saturated carbocycles. The third kappa shape index (κ3) is 3.60. The SMILES string of the molecule is C[C@H](SCc1cccc(Cl)c1)C(=O)N1c2ccccc2NC(=O)C1(C)C. The summed E-state index contributed by atoms with van der Waals surface area (Å²) in [6.45, 7) is 5.41. The van der Waals surface area contributed by atoms with Crippen LogP contribution in [0.2, 0.25) is 5.02 Å². The molecule has 6 heteroatoms. The fourth-order valence-corrected chi connectivity index (χ4v) is 4.03. The molecule has 0 fully saturated rings. The van der Waals surface area contributed by atoms with Crippen molar-refractivity contribution >= 4 is 46.6 Å². The minimum Gasteiger partial charge on any atom is -0.322 e. The van der Waals surface area contributed by atoms with Gasteiger partial charge in [-0.25, -0.2) is 0 Å². The zero-order valence-electron chi connectivity index (χ0n) is 15.0. The first kappa shape index (κ1) is 18.8. The van der Waals surface area contributed by atoms with Crippen molar-refractivity contribution in [3.63, 3.8) is 0 Å². The monoisotopic (exact) mass is 388 g/mol. The molecule has 2 aromatic carbocycles. The maximum absolute atomic E-state index is 13.2. The summed E-state index contributed by atoms with van der Waals surface area (Å²) >= 11 is 7.56. The normalized spacial score (nSPS) is 16.6. The highest BCUT2D eigenvalue weighted by atomic mass is 35.5. The summed E-state index contributed by atoms with van der Waals surface area (Å²) in [6.07, 6.45) is 0. The molecule has 1 heterocycles. The molecule has 1 atom stereocenters. The van der Waals surface area contributed by atoms with Gasteiger partial charge in [0.25, 0.3) is 0 Å². The van der Waals surface area contributed by atoms with Gasteiger partial charge in [-0.1, -0.05) is 35.9 Å². The number of benzene rings is 2. The van der Waals surface area contributed by atoms with Crippen molar-refractivity contribution in [1.82, 2.24) is 0 Å². The zero-order chi connectivity index (χ0) is 18.9.